The van der Waals surface area contributed by atoms with Crippen LogP contribution in [0.2, 0.25) is 0 Å². The van der Waals surface area contributed by atoms with Gasteiger partial charge in [-0.15, -0.1) is 0 Å². The standard InChI is InChI=1S/3C18H37NO.C8H23N5.C8H7NO3/c3*1-17(2)15-13-11-9-7-5-3-4-6-8-10-12-14-16-18(19)20;9-1-3-11-5-7-13-8-6-12-4-2-10;9-7(10)5-3-1-2-4-6(5)8(11)12/h3*17H,3-16H2,1-2H3,(H2,19,20);11-13H,1-10H2;1-4H,(H2,9,10)(H,11,12). The van der Waals surface area contributed by atoms with Gasteiger partial charge in [0, 0.05) is 71.6 Å². The SMILES string of the molecule is CC(C)CCCCCCCCCCCCCCC(N)=O.CC(C)CCCCCCCCCCCCCCC(N)=O.CC(C)CCCCCCCCCCCCCCC(N)=O.NC(=O)c1ccccc1C(=O)O.NCCNCCNCCNCCN. The van der Waals surface area contributed by atoms with Gasteiger partial charge < -0.3 is 55.5 Å². The molecule has 0 unspecified atom stereocenters. The van der Waals surface area contributed by atoms with E-state index in [1.807, 2.05) is 0 Å². The first-order chi connectivity index (χ1) is 40.9. The Bertz CT molecular complexity index is 1430. The van der Waals surface area contributed by atoms with Crippen molar-refractivity contribution in [1.82, 2.24) is 16.0 Å². The smallest absolute Gasteiger partial charge is 0.336 e. The molecular formula is C70H141N9O6. The fraction of sp³-hybridized carbons (Fsp3) is 0.843. The molecule has 0 aromatic heterocycles. The van der Waals surface area contributed by atoms with Gasteiger partial charge in [-0.2, -0.15) is 0 Å². The number of nitrogens with two attached hydrogens (primary N) is 6. The second-order valence-corrected chi connectivity index (χ2v) is 25.0. The molecule has 0 saturated heterocycles. The maximum absolute atomic E-state index is 10.7. The number of hydrogen-bond acceptors (Lipinski definition) is 10. The highest BCUT2D eigenvalue weighted by atomic mass is 16.4. The molecule has 0 radical (unpaired) electrons. The fourth-order valence-electron chi connectivity index (χ4n) is 9.68. The van der Waals surface area contributed by atoms with Crippen molar-refractivity contribution in [3.8, 4) is 0 Å². The first-order valence-electron chi connectivity index (χ1n) is 34.9. The number of nitrogens with one attached hydrogen (secondary N) is 3. The number of carboxylic acids is 1. The molecule has 0 aliphatic rings. The predicted octanol–water partition coefficient (Wildman–Crippen LogP) is 14.9. The van der Waals surface area contributed by atoms with Crippen molar-refractivity contribution < 1.29 is 29.1 Å². The average molecular weight is 1200 g/mol. The minimum Gasteiger partial charge on any atom is -0.478 e. The third-order valence-electron chi connectivity index (χ3n) is 14.9. The molecule has 0 aliphatic carbocycles. The minimum absolute atomic E-state index is 0.0324. The molecule has 1 aromatic rings. The van der Waals surface area contributed by atoms with E-state index in [0.717, 1.165) is 76.3 Å². The van der Waals surface area contributed by atoms with Crippen LogP contribution in [0.1, 0.15) is 332 Å². The van der Waals surface area contributed by atoms with Crippen LogP contribution in [-0.2, 0) is 14.4 Å². The van der Waals surface area contributed by atoms with Crippen LogP contribution in [0.25, 0.3) is 0 Å². The van der Waals surface area contributed by atoms with Crippen LogP contribution in [0.4, 0.5) is 0 Å². The summed E-state index contributed by atoms with van der Waals surface area (Å²) >= 11 is 0. The summed E-state index contributed by atoms with van der Waals surface area (Å²) in [5, 5.41) is 18.3. The van der Waals surface area contributed by atoms with Crippen LogP contribution >= 0.6 is 0 Å². The largest absolute Gasteiger partial charge is 0.478 e. The Morgan fingerprint density at radius 2 is 0.529 bits per heavy atom. The molecule has 4 amide bonds. The van der Waals surface area contributed by atoms with Gasteiger partial charge in [-0.05, 0) is 49.1 Å². The molecule has 1 aromatic carbocycles. The minimum atomic E-state index is -1.15. The normalized spacial score (nSPS) is 10.8. The van der Waals surface area contributed by atoms with Crippen LogP contribution in [-0.4, -0.2) is 87.1 Å². The van der Waals surface area contributed by atoms with Crippen LogP contribution in [0.15, 0.2) is 24.3 Å². The van der Waals surface area contributed by atoms with Crippen molar-refractivity contribution >= 4 is 29.6 Å². The zero-order valence-corrected chi connectivity index (χ0v) is 56.3. The maximum atomic E-state index is 10.7. The molecule has 15 heteroatoms. The number of rotatable bonds is 57. The van der Waals surface area contributed by atoms with E-state index in [1.165, 1.54) is 249 Å². The summed E-state index contributed by atoms with van der Waals surface area (Å²) in [6, 6.07) is 5.82. The number of unbranched alkanes of at least 4 members (excludes halogenated alkanes) is 33. The highest BCUT2D eigenvalue weighted by Crippen LogP contribution is 2.18. The Labute approximate surface area is 523 Å². The Hall–Kier alpha value is -3.63. The zero-order chi connectivity index (χ0) is 64.1. The number of benzene rings is 1. The summed E-state index contributed by atoms with van der Waals surface area (Å²) in [7, 11) is 0. The fourth-order valence-corrected chi connectivity index (χ4v) is 9.68. The monoisotopic (exact) mass is 1200 g/mol. The number of primary amides is 4. The number of hydrogen-bond donors (Lipinski definition) is 10. The lowest BCUT2D eigenvalue weighted by atomic mass is 10.0. The molecule has 15 nitrogen and oxygen atoms in total. The van der Waals surface area contributed by atoms with Gasteiger partial charge in [-0.25, -0.2) is 4.79 Å². The van der Waals surface area contributed by atoms with E-state index in [9.17, 15) is 24.0 Å². The molecule has 0 heterocycles. The van der Waals surface area contributed by atoms with Gasteiger partial charge in [0.15, 0.2) is 0 Å². The van der Waals surface area contributed by atoms with Crippen LogP contribution in [0, 0.1) is 17.8 Å². The number of carbonyl (C=O) groups is 5. The molecule has 16 N–H and O–H groups in total. The third-order valence-corrected chi connectivity index (χ3v) is 14.9. The van der Waals surface area contributed by atoms with Gasteiger partial charge in [-0.3, -0.25) is 19.2 Å². The third kappa shape index (κ3) is 84.6. The van der Waals surface area contributed by atoms with Gasteiger partial charge in [0.05, 0.1) is 11.1 Å². The highest BCUT2D eigenvalue weighted by molar-refractivity contribution is 6.04. The molecule has 0 saturated carbocycles. The molecule has 0 spiro atoms. The first-order valence-corrected chi connectivity index (χ1v) is 34.9. The molecule has 0 bridgehead atoms. The van der Waals surface area contributed by atoms with E-state index in [0.29, 0.717) is 32.4 Å². The van der Waals surface area contributed by atoms with E-state index in [2.05, 4.69) is 57.5 Å². The number of aromatic carboxylic acids is 1. The quantitative estimate of drug-likeness (QED) is 0.0274. The first kappa shape index (κ1) is 87.8. The molecule has 0 atom stereocenters. The summed E-state index contributed by atoms with van der Waals surface area (Å²) in [6.45, 7) is 21.0. The second-order valence-electron chi connectivity index (χ2n) is 25.0. The summed E-state index contributed by atoms with van der Waals surface area (Å²) in [5.41, 5.74) is 30.9. The summed E-state index contributed by atoms with van der Waals surface area (Å²) in [6.07, 6.45) is 54.0. The molecule has 1 rings (SSSR count). The Balaban J connectivity index is -0.000000489. The summed E-state index contributed by atoms with van der Waals surface area (Å²) in [5.74, 6) is 0.279. The molecule has 502 valence electrons. The Kier molecular flexibility index (Phi) is 75.2. The van der Waals surface area contributed by atoms with Gasteiger partial charge in [0.1, 0.15) is 0 Å². The van der Waals surface area contributed by atoms with Gasteiger partial charge >= 0.3 is 5.97 Å². The topological polar surface area (TPSA) is 298 Å². The van der Waals surface area contributed by atoms with E-state index >= 15 is 0 Å². The van der Waals surface area contributed by atoms with Gasteiger partial charge in [0.2, 0.25) is 23.6 Å². The van der Waals surface area contributed by atoms with Crippen molar-refractivity contribution in [3.63, 3.8) is 0 Å². The van der Waals surface area contributed by atoms with Crippen LogP contribution in [0.5, 0.6) is 0 Å². The van der Waals surface area contributed by atoms with Gasteiger partial charge in [0.25, 0.3) is 0 Å². The van der Waals surface area contributed by atoms with Crippen molar-refractivity contribution in [3.05, 3.63) is 35.4 Å². The van der Waals surface area contributed by atoms with Crippen LogP contribution in [0.3, 0.4) is 0 Å². The van der Waals surface area contributed by atoms with Crippen molar-refractivity contribution in [2.75, 3.05) is 52.4 Å². The summed E-state index contributed by atoms with van der Waals surface area (Å²) in [4.78, 5) is 52.9. The lowest BCUT2D eigenvalue weighted by Crippen LogP contribution is -2.35. The zero-order valence-electron chi connectivity index (χ0n) is 56.3. The van der Waals surface area contributed by atoms with E-state index in [4.69, 9.17) is 39.5 Å². The van der Waals surface area contributed by atoms with Crippen molar-refractivity contribution in [2.24, 2.45) is 52.2 Å². The highest BCUT2D eigenvalue weighted by Gasteiger charge is 2.12. The maximum Gasteiger partial charge on any atom is 0.336 e. The summed E-state index contributed by atoms with van der Waals surface area (Å²) < 4.78 is 0. The van der Waals surface area contributed by atoms with Crippen molar-refractivity contribution in [1.29, 1.82) is 0 Å². The Morgan fingerprint density at radius 3 is 0.706 bits per heavy atom. The molecule has 0 aliphatic heterocycles. The average Bonchev–Trinajstić information content (AvgIpc) is 3.59. The van der Waals surface area contributed by atoms with Crippen molar-refractivity contribution in [2.45, 2.75) is 311 Å². The second kappa shape index (κ2) is 72.8. The van der Waals surface area contributed by atoms with Crippen LogP contribution < -0.4 is 50.4 Å². The number of carboxylic acid groups (broad SMARTS) is 1. The molecular weight excluding hydrogens is 1060 g/mol. The number of carbonyl (C=O) groups excluding carboxylic acids is 4. The van der Waals surface area contributed by atoms with E-state index < -0.39 is 11.9 Å². The lowest BCUT2D eigenvalue weighted by Gasteiger charge is -2.06. The Morgan fingerprint density at radius 1 is 0.329 bits per heavy atom. The van der Waals surface area contributed by atoms with E-state index in [1.54, 1.807) is 6.07 Å². The lowest BCUT2D eigenvalue weighted by molar-refractivity contribution is -0.119. The van der Waals surface area contributed by atoms with E-state index in [-0.39, 0.29) is 28.8 Å². The number of amides is 4. The van der Waals surface area contributed by atoms with Gasteiger partial charge in [-0.1, -0.05) is 285 Å². The predicted molar refractivity (Wildman–Crippen MR) is 365 cm³/mol. The molecule has 85 heavy (non-hydrogen) atoms. The molecule has 0 fully saturated rings.